The Morgan fingerprint density at radius 1 is 1.07 bits per heavy atom. The van der Waals surface area contributed by atoms with Crippen molar-refractivity contribution >= 4 is 6.09 Å². The largest absolute Gasteiger partial charge is 0.444 e. The molecular formula is C21H40N6O3. The summed E-state index contributed by atoms with van der Waals surface area (Å²) in [4.78, 5) is 22.5. The van der Waals surface area contributed by atoms with Crippen molar-refractivity contribution in [1.29, 1.82) is 0 Å². The molecule has 5 unspecified atom stereocenters. The maximum Gasteiger partial charge on any atom is 0.410 e. The van der Waals surface area contributed by atoms with Crippen LogP contribution in [0.1, 0.15) is 46.5 Å². The van der Waals surface area contributed by atoms with E-state index in [1.807, 2.05) is 25.7 Å². The number of ether oxygens (including phenoxy) is 1. The number of carbonyl (C=O) groups is 1. The monoisotopic (exact) mass is 424 g/mol. The number of amides is 1. The Balaban J connectivity index is 1.22. The molecule has 4 heterocycles. The highest BCUT2D eigenvalue weighted by Crippen LogP contribution is 2.29. The average molecular weight is 425 g/mol. The molecule has 4 N–H and O–H groups in total. The van der Waals surface area contributed by atoms with Crippen LogP contribution in [0.4, 0.5) is 4.79 Å². The first-order chi connectivity index (χ1) is 14.3. The van der Waals surface area contributed by atoms with Gasteiger partial charge in [-0.25, -0.2) is 4.79 Å². The molecule has 4 fully saturated rings. The normalized spacial score (nSPS) is 36.9. The number of nitrogens with one attached hydrogen (secondary N) is 4. The molecule has 30 heavy (non-hydrogen) atoms. The predicted octanol–water partition coefficient (Wildman–Crippen LogP) is 0.639. The van der Waals surface area contributed by atoms with Crippen LogP contribution in [0.25, 0.3) is 0 Å². The van der Waals surface area contributed by atoms with Crippen molar-refractivity contribution in [2.45, 2.75) is 76.5 Å². The van der Waals surface area contributed by atoms with Crippen LogP contribution in [0.5, 0.6) is 0 Å². The Labute approximate surface area is 180 Å². The Morgan fingerprint density at radius 3 is 2.50 bits per heavy atom. The number of hydrogen-bond donors (Lipinski definition) is 4. The van der Waals surface area contributed by atoms with Crippen LogP contribution in [0.3, 0.4) is 0 Å². The molecule has 5 atom stereocenters. The molecule has 0 radical (unpaired) electrons. The lowest BCUT2D eigenvalue weighted by Gasteiger charge is -2.36. The SMILES string of the molecule is CN1CNC(C2CC(C3NC(C4CCN(C(=O)OC(C)(C)C)CC4)NO3)CCN2)C1. The Hall–Kier alpha value is -0.970. The quantitative estimate of drug-likeness (QED) is 0.525. The minimum atomic E-state index is -0.445. The second-order valence-corrected chi connectivity index (χ2v) is 10.5. The minimum Gasteiger partial charge on any atom is -0.444 e. The minimum absolute atomic E-state index is 0.0580. The molecule has 4 rings (SSSR count). The van der Waals surface area contributed by atoms with E-state index in [1.54, 1.807) is 0 Å². The Bertz CT molecular complexity index is 592. The second-order valence-electron chi connectivity index (χ2n) is 10.5. The number of piperidine rings is 2. The summed E-state index contributed by atoms with van der Waals surface area (Å²) in [5.74, 6) is 0.958. The van der Waals surface area contributed by atoms with Gasteiger partial charge in [-0.15, -0.1) is 0 Å². The number of rotatable bonds is 3. The van der Waals surface area contributed by atoms with E-state index in [2.05, 4.69) is 33.4 Å². The highest BCUT2D eigenvalue weighted by atomic mass is 16.7. The predicted molar refractivity (Wildman–Crippen MR) is 114 cm³/mol. The van der Waals surface area contributed by atoms with E-state index < -0.39 is 5.60 Å². The van der Waals surface area contributed by atoms with Crippen LogP contribution in [0.15, 0.2) is 0 Å². The molecule has 0 bridgehead atoms. The van der Waals surface area contributed by atoms with Crippen molar-refractivity contribution in [3.05, 3.63) is 0 Å². The highest BCUT2D eigenvalue weighted by Gasteiger charge is 2.40. The maximum atomic E-state index is 12.3. The number of likely N-dealkylation sites (tertiary alicyclic amines) is 1. The molecule has 4 saturated heterocycles. The zero-order valence-electron chi connectivity index (χ0n) is 18.9. The summed E-state index contributed by atoms with van der Waals surface area (Å²) in [5, 5.41) is 11.0. The van der Waals surface area contributed by atoms with Gasteiger partial charge >= 0.3 is 6.09 Å². The summed E-state index contributed by atoms with van der Waals surface area (Å²) < 4.78 is 5.51. The topological polar surface area (TPSA) is 90.1 Å². The average Bonchev–Trinajstić information content (AvgIpc) is 3.36. The van der Waals surface area contributed by atoms with Gasteiger partial charge in [0.05, 0.1) is 6.17 Å². The molecular weight excluding hydrogens is 384 g/mol. The molecule has 0 aromatic heterocycles. The van der Waals surface area contributed by atoms with Gasteiger partial charge in [-0.2, -0.15) is 5.48 Å². The first kappa shape index (κ1) is 22.2. The summed E-state index contributed by atoms with van der Waals surface area (Å²) in [6.45, 7) is 10.3. The molecule has 9 heteroatoms. The van der Waals surface area contributed by atoms with E-state index >= 15 is 0 Å². The lowest BCUT2D eigenvalue weighted by molar-refractivity contribution is -0.0271. The van der Waals surface area contributed by atoms with Crippen LogP contribution in [0, 0.1) is 11.8 Å². The number of carbonyl (C=O) groups excluding carboxylic acids is 1. The first-order valence-corrected chi connectivity index (χ1v) is 11.6. The zero-order chi connectivity index (χ0) is 21.3. The molecule has 4 aliphatic heterocycles. The molecule has 0 aliphatic carbocycles. The number of hydrogen-bond acceptors (Lipinski definition) is 8. The third-order valence-electron chi connectivity index (χ3n) is 6.85. The molecule has 172 valence electrons. The van der Waals surface area contributed by atoms with Crippen LogP contribution in [-0.2, 0) is 9.57 Å². The summed E-state index contributed by atoms with van der Waals surface area (Å²) in [6.07, 6.45) is 4.16. The molecule has 0 spiro atoms. The van der Waals surface area contributed by atoms with Crippen molar-refractivity contribution in [2.75, 3.05) is 39.9 Å². The van der Waals surface area contributed by atoms with Gasteiger partial charge < -0.3 is 15.0 Å². The standard InChI is InChI=1S/C21H40N6O3/c1-21(2,3)29-20(28)27-9-6-14(7-10-27)18-24-19(30-25-18)15-5-8-22-16(11-15)17-12-26(4)13-23-17/h14-19,22-25H,5-13H2,1-4H3. The second kappa shape index (κ2) is 9.26. The van der Waals surface area contributed by atoms with Crippen molar-refractivity contribution in [3.8, 4) is 0 Å². The van der Waals surface area contributed by atoms with Crippen molar-refractivity contribution < 1.29 is 14.4 Å². The molecule has 0 aromatic rings. The van der Waals surface area contributed by atoms with Gasteiger partial charge in [0.25, 0.3) is 0 Å². The third-order valence-corrected chi connectivity index (χ3v) is 6.85. The molecule has 9 nitrogen and oxygen atoms in total. The van der Waals surface area contributed by atoms with Crippen molar-refractivity contribution in [3.63, 3.8) is 0 Å². The van der Waals surface area contributed by atoms with Crippen LogP contribution < -0.4 is 21.4 Å². The van der Waals surface area contributed by atoms with Gasteiger partial charge in [0.1, 0.15) is 11.8 Å². The van der Waals surface area contributed by atoms with Crippen LogP contribution in [0.2, 0.25) is 0 Å². The lowest BCUT2D eigenvalue weighted by Crippen LogP contribution is -2.54. The van der Waals surface area contributed by atoms with Gasteiger partial charge in [-0.05, 0) is 66.0 Å². The summed E-state index contributed by atoms with van der Waals surface area (Å²) in [5.41, 5.74) is 2.81. The van der Waals surface area contributed by atoms with Crippen LogP contribution >= 0.6 is 0 Å². The fourth-order valence-electron chi connectivity index (χ4n) is 5.17. The van der Waals surface area contributed by atoms with Gasteiger partial charge in [-0.1, -0.05) is 0 Å². The molecule has 4 aliphatic rings. The fourth-order valence-corrected chi connectivity index (χ4v) is 5.17. The Morgan fingerprint density at radius 2 is 1.83 bits per heavy atom. The number of nitrogens with zero attached hydrogens (tertiary/aromatic N) is 2. The van der Waals surface area contributed by atoms with Crippen molar-refractivity contribution in [2.24, 2.45) is 11.8 Å². The Kier molecular flexibility index (Phi) is 6.86. The maximum absolute atomic E-state index is 12.3. The number of likely N-dealkylation sites (N-methyl/N-ethyl adjacent to an activating group) is 1. The smallest absolute Gasteiger partial charge is 0.410 e. The van der Waals surface area contributed by atoms with E-state index in [1.165, 1.54) is 0 Å². The summed E-state index contributed by atoms with van der Waals surface area (Å²) in [6, 6.07) is 1.01. The van der Waals surface area contributed by atoms with Gasteiger partial charge in [0.2, 0.25) is 0 Å². The molecule has 0 aromatic carbocycles. The van der Waals surface area contributed by atoms with E-state index in [-0.39, 0.29) is 18.5 Å². The van der Waals surface area contributed by atoms with Crippen LogP contribution in [-0.4, -0.2) is 85.9 Å². The summed E-state index contributed by atoms with van der Waals surface area (Å²) in [7, 11) is 2.16. The van der Waals surface area contributed by atoms with Crippen molar-refractivity contribution in [1.82, 2.24) is 31.2 Å². The molecule has 0 saturated carbocycles. The zero-order valence-corrected chi connectivity index (χ0v) is 18.9. The van der Waals surface area contributed by atoms with Gasteiger partial charge in [0.15, 0.2) is 0 Å². The van der Waals surface area contributed by atoms with Gasteiger partial charge in [0, 0.05) is 44.3 Å². The van der Waals surface area contributed by atoms with E-state index in [0.717, 1.165) is 58.5 Å². The third kappa shape index (κ3) is 5.44. The van der Waals surface area contributed by atoms with Gasteiger partial charge in [-0.3, -0.25) is 20.4 Å². The lowest BCUT2D eigenvalue weighted by atomic mass is 9.87. The number of hydroxylamine groups is 1. The van der Waals surface area contributed by atoms with E-state index in [4.69, 9.17) is 9.57 Å². The molecule has 1 amide bonds. The first-order valence-electron chi connectivity index (χ1n) is 11.6. The fraction of sp³-hybridized carbons (Fsp3) is 0.952. The van der Waals surface area contributed by atoms with E-state index in [9.17, 15) is 4.79 Å². The summed E-state index contributed by atoms with van der Waals surface area (Å²) >= 11 is 0. The van der Waals surface area contributed by atoms with E-state index in [0.29, 0.717) is 23.9 Å². The highest BCUT2D eigenvalue weighted by molar-refractivity contribution is 5.68.